The van der Waals surface area contributed by atoms with E-state index < -0.39 is 5.97 Å². The van der Waals surface area contributed by atoms with Crippen LogP contribution in [0.2, 0.25) is 0 Å². The summed E-state index contributed by atoms with van der Waals surface area (Å²) in [6.07, 6.45) is 0.178. The van der Waals surface area contributed by atoms with Gasteiger partial charge >= 0.3 is 5.97 Å². The third-order valence-corrected chi connectivity index (χ3v) is 3.12. The largest absolute Gasteiger partial charge is 0.481 e. The summed E-state index contributed by atoms with van der Waals surface area (Å²) in [5, 5.41) is 21.6. The van der Waals surface area contributed by atoms with Crippen molar-refractivity contribution >= 4 is 5.97 Å². The smallest absolute Gasteiger partial charge is 0.304 e. The molecule has 0 fully saturated rings. The molecule has 6 heteroatoms. The molecule has 0 unspecified atom stereocenters. The van der Waals surface area contributed by atoms with Gasteiger partial charge in [0.2, 0.25) is 0 Å². The van der Waals surface area contributed by atoms with Crippen molar-refractivity contribution in [3.63, 3.8) is 0 Å². The van der Waals surface area contributed by atoms with Crippen LogP contribution in [0.4, 0.5) is 0 Å². The Morgan fingerprint density at radius 3 is 1.82 bits per heavy atom. The Kier molecular flexibility index (Phi) is 11.2. The molecule has 0 aliphatic rings. The van der Waals surface area contributed by atoms with Crippen LogP contribution < -0.4 is 21.3 Å². The molecule has 0 atom stereocenters. The molecule has 0 radical (unpaired) electrons. The second kappa shape index (κ2) is 13.2. The SMILES string of the molecule is O=C(O)CCNCCNCCNCCNCc1ccccc1. The van der Waals surface area contributed by atoms with E-state index in [9.17, 15) is 4.79 Å². The molecular formula is C16H28N4O2. The van der Waals surface area contributed by atoms with Gasteiger partial charge in [-0.15, -0.1) is 0 Å². The van der Waals surface area contributed by atoms with E-state index in [1.807, 2.05) is 6.07 Å². The summed E-state index contributed by atoms with van der Waals surface area (Å²) >= 11 is 0. The van der Waals surface area contributed by atoms with E-state index in [2.05, 4.69) is 45.5 Å². The number of nitrogens with one attached hydrogen (secondary N) is 4. The Hall–Kier alpha value is -1.47. The second-order valence-corrected chi connectivity index (χ2v) is 5.06. The fourth-order valence-electron chi connectivity index (χ4n) is 1.93. The lowest BCUT2D eigenvalue weighted by molar-refractivity contribution is -0.136. The van der Waals surface area contributed by atoms with Crippen LogP contribution in [0.25, 0.3) is 0 Å². The van der Waals surface area contributed by atoms with Gasteiger partial charge in [-0.25, -0.2) is 0 Å². The Balaban J connectivity index is 1.76. The van der Waals surface area contributed by atoms with Gasteiger partial charge < -0.3 is 26.4 Å². The van der Waals surface area contributed by atoms with Crippen LogP contribution in [0.3, 0.4) is 0 Å². The molecule has 1 aromatic carbocycles. The molecule has 0 aliphatic heterocycles. The highest BCUT2D eigenvalue weighted by Crippen LogP contribution is 1.96. The number of aliphatic carboxylic acids is 1. The van der Waals surface area contributed by atoms with Crippen molar-refractivity contribution in [3.05, 3.63) is 35.9 Å². The van der Waals surface area contributed by atoms with Crippen LogP contribution in [0.5, 0.6) is 0 Å². The average molecular weight is 308 g/mol. The van der Waals surface area contributed by atoms with Gasteiger partial charge in [0.05, 0.1) is 6.42 Å². The third-order valence-electron chi connectivity index (χ3n) is 3.12. The van der Waals surface area contributed by atoms with Crippen LogP contribution in [0, 0.1) is 0 Å². The first-order chi connectivity index (χ1) is 10.8. The topological polar surface area (TPSA) is 85.4 Å². The summed E-state index contributed by atoms with van der Waals surface area (Å²) in [4.78, 5) is 10.3. The summed E-state index contributed by atoms with van der Waals surface area (Å²) in [7, 11) is 0. The maximum atomic E-state index is 10.3. The van der Waals surface area contributed by atoms with E-state index >= 15 is 0 Å². The maximum Gasteiger partial charge on any atom is 0.304 e. The van der Waals surface area contributed by atoms with Crippen molar-refractivity contribution in [2.75, 3.05) is 45.8 Å². The summed E-state index contributed by atoms with van der Waals surface area (Å²) in [5.74, 6) is -0.759. The quantitative estimate of drug-likeness (QED) is 0.312. The molecule has 0 bridgehead atoms. The third kappa shape index (κ3) is 11.2. The molecule has 0 aromatic heterocycles. The molecule has 0 aliphatic carbocycles. The molecule has 0 saturated carbocycles. The lowest BCUT2D eigenvalue weighted by atomic mass is 10.2. The Bertz CT molecular complexity index is 387. The number of carbonyl (C=O) groups is 1. The maximum absolute atomic E-state index is 10.3. The van der Waals surface area contributed by atoms with Gasteiger partial charge in [-0.3, -0.25) is 4.79 Å². The first kappa shape index (κ1) is 18.6. The summed E-state index contributed by atoms with van der Waals surface area (Å²) in [6, 6.07) is 10.4. The molecule has 0 saturated heterocycles. The van der Waals surface area contributed by atoms with E-state index in [0.717, 1.165) is 45.8 Å². The summed E-state index contributed by atoms with van der Waals surface area (Å²) in [5.41, 5.74) is 1.31. The van der Waals surface area contributed by atoms with Crippen molar-refractivity contribution in [1.29, 1.82) is 0 Å². The molecular weight excluding hydrogens is 280 g/mol. The molecule has 1 aromatic rings. The molecule has 1 rings (SSSR count). The van der Waals surface area contributed by atoms with E-state index in [1.165, 1.54) is 5.56 Å². The van der Waals surface area contributed by atoms with E-state index in [4.69, 9.17) is 5.11 Å². The van der Waals surface area contributed by atoms with Crippen LogP contribution >= 0.6 is 0 Å². The van der Waals surface area contributed by atoms with Crippen LogP contribution in [-0.2, 0) is 11.3 Å². The minimum absolute atomic E-state index is 0.178. The zero-order chi connectivity index (χ0) is 15.9. The monoisotopic (exact) mass is 308 g/mol. The first-order valence-electron chi connectivity index (χ1n) is 7.87. The second-order valence-electron chi connectivity index (χ2n) is 5.06. The van der Waals surface area contributed by atoms with E-state index in [1.54, 1.807) is 0 Å². The minimum Gasteiger partial charge on any atom is -0.481 e. The average Bonchev–Trinajstić information content (AvgIpc) is 2.52. The number of carboxylic acid groups (broad SMARTS) is 1. The molecule has 22 heavy (non-hydrogen) atoms. The standard InChI is InChI=1S/C16H28N4O2/c21-16(22)6-7-17-8-9-18-10-11-19-12-13-20-14-15-4-2-1-3-5-15/h1-5,17-20H,6-14H2,(H,21,22). The highest BCUT2D eigenvalue weighted by molar-refractivity contribution is 5.66. The molecule has 0 spiro atoms. The van der Waals surface area contributed by atoms with Gasteiger partial charge in [-0.2, -0.15) is 0 Å². The highest BCUT2D eigenvalue weighted by Gasteiger charge is 1.95. The molecule has 6 nitrogen and oxygen atoms in total. The number of benzene rings is 1. The fourth-order valence-corrected chi connectivity index (χ4v) is 1.93. The normalized spacial score (nSPS) is 10.7. The van der Waals surface area contributed by atoms with Crippen molar-refractivity contribution in [1.82, 2.24) is 21.3 Å². The predicted octanol–water partition coefficient (Wildman–Crippen LogP) is 0.0197. The van der Waals surface area contributed by atoms with Gasteiger partial charge in [0.25, 0.3) is 0 Å². The van der Waals surface area contributed by atoms with Gasteiger partial charge in [0.1, 0.15) is 0 Å². The van der Waals surface area contributed by atoms with Crippen LogP contribution in [-0.4, -0.2) is 56.9 Å². The van der Waals surface area contributed by atoms with E-state index in [-0.39, 0.29) is 6.42 Å². The van der Waals surface area contributed by atoms with Crippen LogP contribution in [0.1, 0.15) is 12.0 Å². The van der Waals surface area contributed by atoms with Crippen molar-refractivity contribution in [2.45, 2.75) is 13.0 Å². The summed E-state index contributed by atoms with van der Waals surface area (Å²) < 4.78 is 0. The Morgan fingerprint density at radius 1 is 0.773 bits per heavy atom. The first-order valence-corrected chi connectivity index (χ1v) is 7.87. The zero-order valence-corrected chi connectivity index (χ0v) is 13.1. The fraction of sp³-hybridized carbons (Fsp3) is 0.562. The summed E-state index contributed by atoms with van der Waals surface area (Å²) in [6.45, 7) is 6.84. The highest BCUT2D eigenvalue weighted by atomic mass is 16.4. The van der Waals surface area contributed by atoms with Crippen LogP contribution in [0.15, 0.2) is 30.3 Å². The number of hydrogen-bond acceptors (Lipinski definition) is 5. The predicted molar refractivity (Wildman–Crippen MR) is 89.0 cm³/mol. The lowest BCUT2D eigenvalue weighted by Gasteiger charge is -2.08. The van der Waals surface area contributed by atoms with Gasteiger partial charge in [-0.05, 0) is 5.56 Å². The Labute approximate surface area is 132 Å². The number of hydrogen-bond donors (Lipinski definition) is 5. The minimum atomic E-state index is -0.759. The number of rotatable bonds is 14. The lowest BCUT2D eigenvalue weighted by Crippen LogP contribution is -2.35. The van der Waals surface area contributed by atoms with Gasteiger partial charge in [-0.1, -0.05) is 30.3 Å². The molecule has 0 heterocycles. The van der Waals surface area contributed by atoms with Gasteiger partial charge in [0, 0.05) is 52.4 Å². The van der Waals surface area contributed by atoms with Gasteiger partial charge in [0.15, 0.2) is 0 Å². The van der Waals surface area contributed by atoms with Crippen molar-refractivity contribution in [2.24, 2.45) is 0 Å². The molecule has 124 valence electrons. The zero-order valence-electron chi connectivity index (χ0n) is 13.1. The molecule has 5 N–H and O–H groups in total. The molecule has 0 amide bonds. The van der Waals surface area contributed by atoms with E-state index in [0.29, 0.717) is 6.54 Å². The van der Waals surface area contributed by atoms with Crippen molar-refractivity contribution in [3.8, 4) is 0 Å². The number of carboxylic acids is 1. The Morgan fingerprint density at radius 2 is 1.27 bits per heavy atom. The van der Waals surface area contributed by atoms with Crippen molar-refractivity contribution < 1.29 is 9.90 Å².